The Morgan fingerprint density at radius 1 is 1.40 bits per heavy atom. The van der Waals surface area contributed by atoms with Crippen molar-refractivity contribution in [3.8, 4) is 0 Å². The Labute approximate surface area is 122 Å². The third kappa shape index (κ3) is 1.92. The van der Waals surface area contributed by atoms with Crippen molar-refractivity contribution in [1.82, 2.24) is 9.55 Å². The summed E-state index contributed by atoms with van der Waals surface area (Å²) in [6.07, 6.45) is -0.714. The first-order chi connectivity index (χ1) is 9.54. The van der Waals surface area contributed by atoms with E-state index in [0.717, 1.165) is 4.47 Å². The predicted octanol–water partition coefficient (Wildman–Crippen LogP) is -0.00750. The molecule has 3 rings (SSSR count). The number of hydrogen-bond donors (Lipinski definition) is 4. The lowest BCUT2D eigenvalue weighted by molar-refractivity contribution is -0.0509. The number of nitrogens with two attached hydrogens (primary N) is 1. The highest BCUT2D eigenvalue weighted by Crippen LogP contribution is 2.36. The summed E-state index contributed by atoms with van der Waals surface area (Å²) in [6, 6.07) is 1.68. The number of aliphatic hydroxyl groups is 3. The molecule has 0 radical (unpaired) electrons. The van der Waals surface area contributed by atoms with Crippen LogP contribution in [-0.2, 0) is 4.74 Å². The van der Waals surface area contributed by atoms with Crippen LogP contribution in [0.5, 0.6) is 0 Å². The SMILES string of the molecule is Nc1ccnc2c1c(Br)cn2[C@@H]1O[C@H](CO)[C@@H](O)[C@H]1O. The first-order valence-corrected chi connectivity index (χ1v) is 6.87. The Kier molecular flexibility index (Phi) is 3.43. The quantitative estimate of drug-likeness (QED) is 0.610. The van der Waals surface area contributed by atoms with Crippen molar-refractivity contribution in [3.63, 3.8) is 0 Å². The van der Waals surface area contributed by atoms with E-state index in [1.54, 1.807) is 23.0 Å². The lowest BCUT2D eigenvalue weighted by Gasteiger charge is -2.17. The molecular weight excluding hydrogens is 330 g/mol. The molecule has 8 heteroatoms. The molecule has 2 aromatic heterocycles. The number of pyridine rings is 1. The molecule has 0 aromatic carbocycles. The zero-order chi connectivity index (χ0) is 14.4. The van der Waals surface area contributed by atoms with Gasteiger partial charge in [0.15, 0.2) is 6.23 Å². The van der Waals surface area contributed by atoms with Crippen LogP contribution in [0.4, 0.5) is 5.69 Å². The molecule has 5 N–H and O–H groups in total. The van der Waals surface area contributed by atoms with Crippen LogP contribution in [0.15, 0.2) is 22.9 Å². The number of aliphatic hydroxyl groups excluding tert-OH is 3. The molecule has 0 amide bonds. The lowest BCUT2D eigenvalue weighted by atomic mass is 10.1. The van der Waals surface area contributed by atoms with Gasteiger partial charge in [0.25, 0.3) is 0 Å². The highest BCUT2D eigenvalue weighted by atomic mass is 79.9. The van der Waals surface area contributed by atoms with Gasteiger partial charge in [-0.3, -0.25) is 0 Å². The summed E-state index contributed by atoms with van der Waals surface area (Å²) in [5.74, 6) is 0. The fraction of sp³-hybridized carbons (Fsp3) is 0.417. The molecule has 1 aliphatic rings. The fourth-order valence-electron chi connectivity index (χ4n) is 2.46. The first kappa shape index (κ1) is 13.8. The van der Waals surface area contributed by atoms with Crippen LogP contribution in [0.1, 0.15) is 6.23 Å². The predicted molar refractivity (Wildman–Crippen MR) is 74.9 cm³/mol. The van der Waals surface area contributed by atoms with Crippen LogP contribution >= 0.6 is 15.9 Å². The molecule has 0 spiro atoms. The van der Waals surface area contributed by atoms with Crippen LogP contribution in [0, 0.1) is 0 Å². The van der Waals surface area contributed by atoms with E-state index in [1.807, 2.05) is 0 Å². The Morgan fingerprint density at radius 3 is 2.80 bits per heavy atom. The molecule has 0 saturated carbocycles. The standard InChI is InChI=1S/C12H14BrN3O4/c13-5-3-16(11-8(5)6(14)1-2-15-11)12-10(19)9(18)7(4-17)20-12/h1-3,7,9-10,12,17-19H,4H2,(H2,14,15)/t7-,9-,10-,12-/m1/s1. The Balaban J connectivity index is 2.10. The van der Waals surface area contributed by atoms with Gasteiger partial charge in [0.1, 0.15) is 24.0 Å². The maximum Gasteiger partial charge on any atom is 0.164 e. The minimum atomic E-state index is -1.15. The summed E-state index contributed by atoms with van der Waals surface area (Å²) in [5, 5.41) is 29.7. The summed E-state index contributed by atoms with van der Waals surface area (Å²) < 4.78 is 7.81. The molecular formula is C12H14BrN3O4. The minimum absolute atomic E-state index is 0.370. The molecule has 1 saturated heterocycles. The van der Waals surface area contributed by atoms with Gasteiger partial charge in [0.05, 0.1) is 12.0 Å². The number of anilines is 1. The van der Waals surface area contributed by atoms with E-state index in [0.29, 0.717) is 16.7 Å². The summed E-state index contributed by atoms with van der Waals surface area (Å²) in [5.41, 5.74) is 6.99. The fourth-order valence-corrected chi connectivity index (χ4v) is 3.08. The van der Waals surface area contributed by atoms with Gasteiger partial charge in [-0.25, -0.2) is 4.98 Å². The number of ether oxygens (including phenoxy) is 1. The average molecular weight is 344 g/mol. The Bertz CT molecular complexity index is 647. The van der Waals surface area contributed by atoms with Crippen molar-refractivity contribution in [2.45, 2.75) is 24.5 Å². The largest absolute Gasteiger partial charge is 0.398 e. The van der Waals surface area contributed by atoms with Crippen molar-refractivity contribution in [2.75, 3.05) is 12.3 Å². The maximum absolute atomic E-state index is 10.1. The molecule has 0 aliphatic carbocycles. The van der Waals surface area contributed by atoms with Gasteiger partial charge in [-0.05, 0) is 22.0 Å². The van der Waals surface area contributed by atoms with E-state index in [1.165, 1.54) is 0 Å². The van der Waals surface area contributed by atoms with Gasteiger partial charge in [-0.15, -0.1) is 0 Å². The zero-order valence-corrected chi connectivity index (χ0v) is 11.9. The van der Waals surface area contributed by atoms with E-state index in [-0.39, 0.29) is 6.61 Å². The van der Waals surface area contributed by atoms with E-state index < -0.39 is 24.5 Å². The van der Waals surface area contributed by atoms with Crippen LogP contribution in [0.3, 0.4) is 0 Å². The van der Waals surface area contributed by atoms with Gasteiger partial charge in [-0.1, -0.05) is 0 Å². The Morgan fingerprint density at radius 2 is 2.15 bits per heavy atom. The van der Waals surface area contributed by atoms with Crippen molar-refractivity contribution in [1.29, 1.82) is 0 Å². The summed E-state index contributed by atoms with van der Waals surface area (Å²) in [6.45, 7) is -0.370. The zero-order valence-electron chi connectivity index (χ0n) is 10.3. The van der Waals surface area contributed by atoms with Crippen molar-refractivity contribution in [3.05, 3.63) is 22.9 Å². The summed E-state index contributed by atoms with van der Waals surface area (Å²) in [7, 11) is 0. The third-order valence-corrected chi connectivity index (χ3v) is 4.09. The number of hydrogen-bond acceptors (Lipinski definition) is 6. The molecule has 1 fully saturated rings. The number of nitrogen functional groups attached to an aromatic ring is 1. The van der Waals surface area contributed by atoms with E-state index in [2.05, 4.69) is 20.9 Å². The van der Waals surface area contributed by atoms with Crippen molar-refractivity contribution < 1.29 is 20.1 Å². The van der Waals surface area contributed by atoms with Crippen molar-refractivity contribution in [2.24, 2.45) is 0 Å². The van der Waals surface area contributed by atoms with Crippen LogP contribution in [-0.4, -0.2) is 49.8 Å². The van der Waals surface area contributed by atoms with Gasteiger partial charge in [0, 0.05) is 22.6 Å². The molecule has 1 aliphatic heterocycles. The van der Waals surface area contributed by atoms with Gasteiger partial charge in [0.2, 0.25) is 0 Å². The van der Waals surface area contributed by atoms with E-state index in [4.69, 9.17) is 15.6 Å². The highest BCUT2D eigenvalue weighted by molar-refractivity contribution is 9.10. The van der Waals surface area contributed by atoms with Gasteiger partial charge >= 0.3 is 0 Å². The molecule has 108 valence electrons. The van der Waals surface area contributed by atoms with Crippen LogP contribution < -0.4 is 5.73 Å². The van der Waals surface area contributed by atoms with Crippen molar-refractivity contribution >= 4 is 32.7 Å². The molecule has 4 atom stereocenters. The third-order valence-electron chi connectivity index (χ3n) is 3.49. The Hall–Kier alpha value is -1.19. The number of nitrogens with zero attached hydrogens (tertiary/aromatic N) is 2. The molecule has 2 aromatic rings. The molecule has 3 heterocycles. The lowest BCUT2D eigenvalue weighted by Crippen LogP contribution is -2.33. The summed E-state index contributed by atoms with van der Waals surface area (Å²) in [4.78, 5) is 4.24. The second-order valence-corrected chi connectivity index (χ2v) is 5.57. The second kappa shape index (κ2) is 4.97. The normalized spacial score (nSPS) is 30.2. The second-order valence-electron chi connectivity index (χ2n) is 4.71. The summed E-state index contributed by atoms with van der Waals surface area (Å²) >= 11 is 3.39. The first-order valence-electron chi connectivity index (χ1n) is 6.07. The molecule has 7 nitrogen and oxygen atoms in total. The van der Waals surface area contributed by atoms with E-state index >= 15 is 0 Å². The number of halogens is 1. The van der Waals surface area contributed by atoms with Gasteiger partial charge in [-0.2, -0.15) is 0 Å². The molecule has 0 bridgehead atoms. The highest BCUT2D eigenvalue weighted by Gasteiger charge is 2.43. The molecule has 0 unspecified atom stereocenters. The maximum atomic E-state index is 10.1. The minimum Gasteiger partial charge on any atom is -0.398 e. The monoisotopic (exact) mass is 343 g/mol. The van der Waals surface area contributed by atoms with Crippen LogP contribution in [0.25, 0.3) is 11.0 Å². The number of fused-ring (bicyclic) bond motifs is 1. The average Bonchev–Trinajstić information content (AvgIpc) is 2.90. The number of aromatic nitrogens is 2. The smallest absolute Gasteiger partial charge is 0.164 e. The van der Waals surface area contributed by atoms with Crippen LogP contribution in [0.2, 0.25) is 0 Å². The number of rotatable bonds is 2. The topological polar surface area (TPSA) is 114 Å². The van der Waals surface area contributed by atoms with E-state index in [9.17, 15) is 10.2 Å². The van der Waals surface area contributed by atoms with Gasteiger partial charge < -0.3 is 30.4 Å². The molecule has 20 heavy (non-hydrogen) atoms.